The highest BCUT2D eigenvalue weighted by atomic mass is 32.2. The Bertz CT molecular complexity index is 1170. The smallest absolute Gasteiger partial charge is 0.322 e. The first-order chi connectivity index (χ1) is 16.5. The summed E-state index contributed by atoms with van der Waals surface area (Å²) in [5, 5.41) is 10.5. The quantitative estimate of drug-likeness (QED) is 0.479. The van der Waals surface area contributed by atoms with Gasteiger partial charge in [0, 0.05) is 29.1 Å². The van der Waals surface area contributed by atoms with E-state index in [2.05, 4.69) is 15.5 Å². The molecular weight excluding hydrogens is 460 g/mol. The van der Waals surface area contributed by atoms with Gasteiger partial charge in [-0.3, -0.25) is 14.9 Å². The van der Waals surface area contributed by atoms with Gasteiger partial charge in [-0.1, -0.05) is 5.10 Å². The summed E-state index contributed by atoms with van der Waals surface area (Å²) in [5.41, 5.74) is 1.07. The first kappa shape index (κ1) is 23.4. The molecule has 10 nitrogen and oxygen atoms in total. The lowest BCUT2D eigenvalue weighted by atomic mass is 10.1. The topological polar surface area (TPSA) is 116 Å². The molecule has 1 aromatic heterocycles. The van der Waals surface area contributed by atoms with Crippen LogP contribution in [0.2, 0.25) is 0 Å². The van der Waals surface area contributed by atoms with Crippen LogP contribution in [0, 0.1) is 0 Å². The molecule has 4 rings (SSSR count). The van der Waals surface area contributed by atoms with E-state index >= 15 is 0 Å². The van der Waals surface area contributed by atoms with Gasteiger partial charge in [-0.05, 0) is 42.7 Å². The maximum atomic E-state index is 12.8. The van der Waals surface area contributed by atoms with Gasteiger partial charge in [-0.15, -0.1) is 16.9 Å². The molecule has 1 atom stereocenters. The van der Waals surface area contributed by atoms with Crippen LogP contribution >= 0.6 is 11.8 Å². The maximum absolute atomic E-state index is 12.8. The number of carbonyl (C=O) groups excluding carboxylic acids is 2. The van der Waals surface area contributed by atoms with Crippen LogP contribution in [0.5, 0.6) is 17.2 Å². The monoisotopic (exact) mass is 484 g/mol. The van der Waals surface area contributed by atoms with Crippen LogP contribution in [0.1, 0.15) is 28.6 Å². The lowest BCUT2D eigenvalue weighted by Crippen LogP contribution is -2.24. The Hall–Kier alpha value is -3.73. The largest absolute Gasteiger partial charge is 0.493 e. The van der Waals surface area contributed by atoms with E-state index in [-0.39, 0.29) is 35.7 Å². The highest BCUT2D eigenvalue weighted by molar-refractivity contribution is 7.98. The third kappa shape index (κ3) is 4.65. The first-order valence-electron chi connectivity index (χ1n) is 10.4. The van der Waals surface area contributed by atoms with E-state index in [0.717, 1.165) is 10.6 Å². The number of rotatable bonds is 8. The van der Waals surface area contributed by atoms with Crippen molar-refractivity contribution in [1.82, 2.24) is 10.2 Å². The van der Waals surface area contributed by atoms with Gasteiger partial charge >= 0.3 is 6.01 Å². The fourth-order valence-electron chi connectivity index (χ4n) is 3.72. The van der Waals surface area contributed by atoms with E-state index < -0.39 is 5.91 Å². The lowest BCUT2D eigenvalue weighted by molar-refractivity contribution is -0.117. The number of hydrogen-bond acceptors (Lipinski definition) is 9. The molecule has 11 heteroatoms. The number of methoxy groups -OCH3 is 3. The Labute approximate surface area is 200 Å². The second-order valence-electron chi connectivity index (χ2n) is 7.42. The SMILES string of the molecule is COc1cc(C(=O)Nc2nnc(C3CC(=O)N(c4ccc(SC)cc4)C3)o2)cc(OC)c1OC. The van der Waals surface area contributed by atoms with Crippen molar-refractivity contribution >= 4 is 35.3 Å². The van der Waals surface area contributed by atoms with Crippen molar-refractivity contribution in [1.29, 1.82) is 0 Å². The second-order valence-corrected chi connectivity index (χ2v) is 8.30. The van der Waals surface area contributed by atoms with Crippen LogP contribution in [0.25, 0.3) is 0 Å². The molecular formula is C23H24N4O6S. The van der Waals surface area contributed by atoms with Crippen LogP contribution in [0.15, 0.2) is 45.7 Å². The molecule has 0 bridgehead atoms. The molecule has 1 N–H and O–H groups in total. The summed E-state index contributed by atoms with van der Waals surface area (Å²) < 4.78 is 21.5. The van der Waals surface area contributed by atoms with Gasteiger partial charge in [0.05, 0.1) is 27.2 Å². The Morgan fingerprint density at radius 2 is 1.76 bits per heavy atom. The third-order valence-electron chi connectivity index (χ3n) is 5.45. The Balaban J connectivity index is 1.46. The molecule has 3 aromatic rings. The fraction of sp³-hybridized carbons (Fsp3) is 0.304. The molecule has 34 heavy (non-hydrogen) atoms. The zero-order chi connectivity index (χ0) is 24.2. The summed E-state index contributed by atoms with van der Waals surface area (Å²) in [7, 11) is 4.41. The van der Waals surface area contributed by atoms with Crippen molar-refractivity contribution in [3.8, 4) is 17.2 Å². The number of nitrogens with zero attached hydrogens (tertiary/aromatic N) is 3. The summed E-state index contributed by atoms with van der Waals surface area (Å²) in [5.74, 6) is 0.557. The van der Waals surface area contributed by atoms with E-state index in [1.54, 1.807) is 16.7 Å². The molecule has 1 unspecified atom stereocenters. The van der Waals surface area contributed by atoms with Crippen LogP contribution < -0.4 is 24.4 Å². The molecule has 2 aromatic carbocycles. The molecule has 1 fully saturated rings. The van der Waals surface area contributed by atoms with E-state index in [1.807, 2.05) is 30.5 Å². The molecule has 2 amide bonds. The van der Waals surface area contributed by atoms with Crippen molar-refractivity contribution in [2.75, 3.05) is 44.3 Å². The fourth-order valence-corrected chi connectivity index (χ4v) is 4.12. The second kappa shape index (κ2) is 10.0. The predicted octanol–water partition coefficient (Wildman–Crippen LogP) is 3.59. The van der Waals surface area contributed by atoms with Gasteiger partial charge in [0.1, 0.15) is 0 Å². The number of carbonyl (C=O) groups is 2. The van der Waals surface area contributed by atoms with Crippen LogP contribution in [-0.2, 0) is 4.79 Å². The zero-order valence-corrected chi connectivity index (χ0v) is 20.0. The average Bonchev–Trinajstić information content (AvgIpc) is 3.49. The van der Waals surface area contributed by atoms with E-state index in [9.17, 15) is 9.59 Å². The Morgan fingerprint density at radius 1 is 1.09 bits per heavy atom. The highest BCUT2D eigenvalue weighted by Gasteiger charge is 2.35. The van der Waals surface area contributed by atoms with Gasteiger partial charge in [0.15, 0.2) is 11.5 Å². The average molecular weight is 485 g/mol. The summed E-state index contributed by atoms with van der Waals surface area (Å²) >= 11 is 1.64. The predicted molar refractivity (Wildman–Crippen MR) is 126 cm³/mol. The van der Waals surface area contributed by atoms with Crippen molar-refractivity contribution in [3.05, 3.63) is 47.9 Å². The van der Waals surface area contributed by atoms with E-state index in [4.69, 9.17) is 18.6 Å². The van der Waals surface area contributed by atoms with Crippen molar-refractivity contribution in [3.63, 3.8) is 0 Å². The minimum atomic E-state index is -0.493. The van der Waals surface area contributed by atoms with Crippen LogP contribution in [-0.4, -0.2) is 56.1 Å². The number of nitrogens with one attached hydrogen (secondary N) is 1. The van der Waals surface area contributed by atoms with Gasteiger partial charge in [-0.2, -0.15) is 0 Å². The Kier molecular flexibility index (Phi) is 6.92. The minimum absolute atomic E-state index is 0.0249. The van der Waals surface area contributed by atoms with Crippen molar-refractivity contribution in [2.24, 2.45) is 0 Å². The summed E-state index contributed by atoms with van der Waals surface area (Å²) in [6.07, 6.45) is 2.24. The molecule has 0 aliphatic carbocycles. The summed E-state index contributed by atoms with van der Waals surface area (Å²) in [6, 6.07) is 10.8. The molecule has 0 spiro atoms. The van der Waals surface area contributed by atoms with Crippen molar-refractivity contribution in [2.45, 2.75) is 17.2 Å². The molecule has 0 radical (unpaired) electrons. The number of anilines is 2. The molecule has 0 saturated carbocycles. The minimum Gasteiger partial charge on any atom is -0.493 e. The van der Waals surface area contributed by atoms with Gasteiger partial charge < -0.3 is 23.5 Å². The highest BCUT2D eigenvalue weighted by Crippen LogP contribution is 2.38. The summed E-state index contributed by atoms with van der Waals surface area (Å²) in [4.78, 5) is 28.2. The molecule has 2 heterocycles. The number of thioether (sulfide) groups is 1. The summed E-state index contributed by atoms with van der Waals surface area (Å²) in [6.45, 7) is 0.417. The van der Waals surface area contributed by atoms with Gasteiger partial charge in [0.25, 0.3) is 5.91 Å². The van der Waals surface area contributed by atoms with E-state index in [0.29, 0.717) is 23.8 Å². The number of benzene rings is 2. The van der Waals surface area contributed by atoms with Crippen LogP contribution in [0.4, 0.5) is 11.7 Å². The number of ether oxygens (including phenoxy) is 3. The zero-order valence-electron chi connectivity index (χ0n) is 19.2. The lowest BCUT2D eigenvalue weighted by Gasteiger charge is -2.16. The van der Waals surface area contributed by atoms with Gasteiger partial charge in [0.2, 0.25) is 17.5 Å². The van der Waals surface area contributed by atoms with Gasteiger partial charge in [-0.25, -0.2) is 0 Å². The normalized spacial score (nSPS) is 15.4. The molecule has 178 valence electrons. The molecule has 1 saturated heterocycles. The standard InChI is InChI=1S/C23H24N4O6S/c1-30-17-9-13(10-18(31-2)20(17)32-3)21(29)24-23-26-25-22(33-23)14-11-19(28)27(12-14)15-5-7-16(34-4)8-6-15/h5-10,14H,11-12H2,1-4H3,(H,24,26,29). The van der Waals surface area contributed by atoms with Crippen LogP contribution in [0.3, 0.4) is 0 Å². The number of hydrogen-bond donors (Lipinski definition) is 1. The first-order valence-corrected chi connectivity index (χ1v) is 11.6. The third-order valence-corrected chi connectivity index (χ3v) is 6.19. The van der Waals surface area contributed by atoms with Crippen molar-refractivity contribution < 1.29 is 28.2 Å². The number of amides is 2. The Morgan fingerprint density at radius 3 is 2.35 bits per heavy atom. The number of aromatic nitrogens is 2. The van der Waals surface area contributed by atoms with E-state index in [1.165, 1.54) is 33.5 Å². The maximum Gasteiger partial charge on any atom is 0.322 e. The molecule has 1 aliphatic heterocycles. The molecule has 1 aliphatic rings.